The molecule has 1 aromatic carbocycles. The van der Waals surface area contributed by atoms with Crippen LogP contribution in [0.25, 0.3) is 17.0 Å². The van der Waals surface area contributed by atoms with Crippen molar-refractivity contribution in [2.75, 3.05) is 0 Å². The number of imidazole rings is 1. The quantitative estimate of drug-likeness (QED) is 0.670. The van der Waals surface area contributed by atoms with Crippen molar-refractivity contribution in [2.45, 2.75) is 20.8 Å². The Morgan fingerprint density at radius 3 is 2.37 bits per heavy atom. The van der Waals surface area contributed by atoms with Crippen LogP contribution < -0.4 is 0 Å². The number of rotatable bonds is 1. The maximum atomic E-state index is 5.93. The second-order valence-corrected chi connectivity index (χ2v) is 5.16. The van der Waals surface area contributed by atoms with Crippen LogP contribution in [0.4, 0.5) is 0 Å². The third kappa shape index (κ3) is 2.00. The smallest absolute Gasteiger partial charge is 0.234 e. The van der Waals surface area contributed by atoms with Crippen LogP contribution in [0, 0.1) is 20.8 Å². The van der Waals surface area contributed by atoms with Gasteiger partial charge in [-0.05, 0) is 39.0 Å². The van der Waals surface area contributed by atoms with E-state index in [9.17, 15) is 0 Å². The first-order chi connectivity index (χ1) is 9.06. The molecule has 96 valence electrons. The predicted molar refractivity (Wildman–Crippen MR) is 77.6 cm³/mol. The minimum atomic E-state index is 0.732. The van der Waals surface area contributed by atoms with Crippen molar-refractivity contribution in [2.24, 2.45) is 0 Å². The third-order valence-corrected chi connectivity index (χ3v) is 3.51. The van der Waals surface area contributed by atoms with Crippen molar-refractivity contribution < 1.29 is 0 Å². The first-order valence-electron chi connectivity index (χ1n) is 6.15. The SMILES string of the molecule is Cc1cc(C)n2c(C)c(-c3ccc(Cl)cc3)nc2n1. The highest BCUT2D eigenvalue weighted by Crippen LogP contribution is 2.25. The van der Waals surface area contributed by atoms with E-state index >= 15 is 0 Å². The first kappa shape index (κ1) is 12.2. The monoisotopic (exact) mass is 271 g/mol. The summed E-state index contributed by atoms with van der Waals surface area (Å²) in [6, 6.07) is 9.80. The van der Waals surface area contributed by atoms with E-state index in [1.54, 1.807) is 0 Å². The molecule has 0 radical (unpaired) electrons. The molecule has 0 saturated carbocycles. The molecule has 0 N–H and O–H groups in total. The van der Waals surface area contributed by atoms with Gasteiger partial charge in [0.1, 0.15) is 0 Å². The molecule has 0 saturated heterocycles. The van der Waals surface area contributed by atoms with Crippen LogP contribution in [0.15, 0.2) is 30.3 Å². The van der Waals surface area contributed by atoms with E-state index in [0.29, 0.717) is 0 Å². The van der Waals surface area contributed by atoms with E-state index in [2.05, 4.69) is 34.3 Å². The summed E-state index contributed by atoms with van der Waals surface area (Å²) in [6.45, 7) is 6.12. The fourth-order valence-corrected chi connectivity index (χ4v) is 2.55. The maximum absolute atomic E-state index is 5.93. The average molecular weight is 272 g/mol. The van der Waals surface area contributed by atoms with Gasteiger partial charge in [-0.25, -0.2) is 9.97 Å². The number of aryl methyl sites for hydroxylation is 3. The lowest BCUT2D eigenvalue weighted by molar-refractivity contribution is 0.982. The molecule has 0 bridgehead atoms. The van der Waals surface area contributed by atoms with Crippen molar-refractivity contribution in [3.63, 3.8) is 0 Å². The topological polar surface area (TPSA) is 30.2 Å². The van der Waals surface area contributed by atoms with Gasteiger partial charge in [0.25, 0.3) is 0 Å². The number of benzene rings is 1. The zero-order chi connectivity index (χ0) is 13.6. The number of nitrogens with zero attached hydrogens (tertiary/aromatic N) is 3. The van der Waals surface area contributed by atoms with Crippen LogP contribution in [0.2, 0.25) is 5.02 Å². The standard InChI is InChI=1S/C15H14ClN3/c1-9-8-10(2)19-11(3)14(18-15(19)17-9)12-4-6-13(16)7-5-12/h4-8H,1-3H3. The molecule has 0 spiro atoms. The largest absolute Gasteiger partial charge is 0.285 e. The molecule has 0 fully saturated rings. The molecule has 19 heavy (non-hydrogen) atoms. The van der Waals surface area contributed by atoms with Gasteiger partial charge in [-0.15, -0.1) is 0 Å². The van der Waals surface area contributed by atoms with Gasteiger partial charge < -0.3 is 0 Å². The van der Waals surface area contributed by atoms with Gasteiger partial charge in [0, 0.05) is 27.7 Å². The minimum Gasteiger partial charge on any atom is -0.285 e. The molecule has 4 heteroatoms. The lowest BCUT2D eigenvalue weighted by Crippen LogP contribution is -1.97. The maximum Gasteiger partial charge on any atom is 0.234 e. The molecule has 3 aromatic rings. The summed E-state index contributed by atoms with van der Waals surface area (Å²) < 4.78 is 2.08. The van der Waals surface area contributed by atoms with Crippen LogP contribution >= 0.6 is 11.6 Å². The van der Waals surface area contributed by atoms with Crippen LogP contribution in [0.5, 0.6) is 0 Å². The van der Waals surface area contributed by atoms with Crippen molar-refractivity contribution in [1.29, 1.82) is 0 Å². The Labute approximate surface area is 116 Å². The normalized spacial score (nSPS) is 11.2. The number of hydrogen-bond acceptors (Lipinski definition) is 2. The summed E-state index contributed by atoms with van der Waals surface area (Å²) in [6.07, 6.45) is 0. The Bertz CT molecular complexity index is 757. The highest BCUT2D eigenvalue weighted by atomic mass is 35.5. The molecule has 0 aliphatic rings. The van der Waals surface area contributed by atoms with Crippen LogP contribution in [-0.4, -0.2) is 14.4 Å². The molecule has 0 aliphatic heterocycles. The second-order valence-electron chi connectivity index (χ2n) is 4.73. The van der Waals surface area contributed by atoms with Gasteiger partial charge in [0.15, 0.2) is 0 Å². The van der Waals surface area contributed by atoms with Gasteiger partial charge in [-0.3, -0.25) is 4.40 Å². The first-order valence-corrected chi connectivity index (χ1v) is 6.53. The lowest BCUT2D eigenvalue weighted by atomic mass is 10.1. The lowest BCUT2D eigenvalue weighted by Gasteiger charge is -2.03. The minimum absolute atomic E-state index is 0.732. The van der Waals surface area contributed by atoms with Crippen molar-refractivity contribution in [3.8, 4) is 11.3 Å². The number of fused-ring (bicyclic) bond motifs is 1. The fourth-order valence-electron chi connectivity index (χ4n) is 2.42. The Balaban J connectivity index is 2.28. The highest BCUT2D eigenvalue weighted by molar-refractivity contribution is 6.30. The summed E-state index contributed by atoms with van der Waals surface area (Å²) in [5.74, 6) is 0.750. The summed E-state index contributed by atoms with van der Waals surface area (Å²) in [5.41, 5.74) is 5.25. The van der Waals surface area contributed by atoms with Gasteiger partial charge in [0.05, 0.1) is 5.69 Å². The van der Waals surface area contributed by atoms with Crippen molar-refractivity contribution >= 4 is 17.4 Å². The predicted octanol–water partition coefficient (Wildman–Crippen LogP) is 3.97. The Morgan fingerprint density at radius 2 is 1.68 bits per heavy atom. The van der Waals surface area contributed by atoms with Crippen molar-refractivity contribution in [3.05, 3.63) is 52.4 Å². The summed E-state index contributed by atoms with van der Waals surface area (Å²) in [5, 5.41) is 0.732. The Morgan fingerprint density at radius 1 is 1.00 bits per heavy atom. The third-order valence-electron chi connectivity index (χ3n) is 3.25. The summed E-state index contributed by atoms with van der Waals surface area (Å²) in [4.78, 5) is 9.13. The number of aromatic nitrogens is 3. The van der Waals surface area contributed by atoms with E-state index in [0.717, 1.165) is 39.1 Å². The molecule has 0 aliphatic carbocycles. The highest BCUT2D eigenvalue weighted by Gasteiger charge is 2.13. The zero-order valence-corrected chi connectivity index (χ0v) is 11.9. The number of halogens is 1. The Hall–Kier alpha value is -1.87. The average Bonchev–Trinajstić information content (AvgIpc) is 2.67. The molecular weight excluding hydrogens is 258 g/mol. The van der Waals surface area contributed by atoms with E-state index in [-0.39, 0.29) is 0 Å². The van der Waals surface area contributed by atoms with Gasteiger partial charge in [-0.2, -0.15) is 0 Å². The molecule has 2 heterocycles. The molecule has 3 nitrogen and oxygen atoms in total. The van der Waals surface area contributed by atoms with E-state index in [1.807, 2.05) is 31.2 Å². The second kappa shape index (κ2) is 4.35. The van der Waals surface area contributed by atoms with Gasteiger partial charge in [-0.1, -0.05) is 23.7 Å². The molecule has 0 unspecified atom stereocenters. The zero-order valence-electron chi connectivity index (χ0n) is 11.1. The van der Waals surface area contributed by atoms with Crippen molar-refractivity contribution in [1.82, 2.24) is 14.4 Å². The van der Waals surface area contributed by atoms with Crippen LogP contribution in [0.1, 0.15) is 17.1 Å². The molecule has 2 aromatic heterocycles. The van der Waals surface area contributed by atoms with E-state index < -0.39 is 0 Å². The molecule has 0 atom stereocenters. The van der Waals surface area contributed by atoms with Crippen LogP contribution in [-0.2, 0) is 0 Å². The van der Waals surface area contributed by atoms with Gasteiger partial charge >= 0.3 is 0 Å². The van der Waals surface area contributed by atoms with Crippen LogP contribution in [0.3, 0.4) is 0 Å². The van der Waals surface area contributed by atoms with Gasteiger partial charge in [0.2, 0.25) is 5.78 Å². The molecular formula is C15H14ClN3. The molecule has 0 amide bonds. The van der Waals surface area contributed by atoms with E-state index in [4.69, 9.17) is 11.6 Å². The van der Waals surface area contributed by atoms with E-state index in [1.165, 1.54) is 0 Å². The Kier molecular flexibility index (Phi) is 2.79. The fraction of sp³-hybridized carbons (Fsp3) is 0.200. The summed E-state index contributed by atoms with van der Waals surface area (Å²) >= 11 is 5.93. The molecule has 3 rings (SSSR count). The summed E-state index contributed by atoms with van der Waals surface area (Å²) in [7, 11) is 0. The number of hydrogen-bond donors (Lipinski definition) is 0.